The van der Waals surface area contributed by atoms with E-state index >= 15 is 0 Å². The van der Waals surface area contributed by atoms with Crippen LogP contribution < -0.4 is 11.1 Å². The number of nitrogens with two attached hydrogens (primary N) is 1. The quantitative estimate of drug-likeness (QED) is 0.760. The minimum atomic E-state index is -0.569. The SMILES string of the molecule is NC(=O)c1ccc(NC2CCCOC2)nn1. The van der Waals surface area contributed by atoms with Crippen LogP contribution >= 0.6 is 0 Å². The van der Waals surface area contributed by atoms with E-state index in [0.29, 0.717) is 12.4 Å². The molecule has 1 aromatic heterocycles. The van der Waals surface area contributed by atoms with Crippen molar-refractivity contribution >= 4 is 11.7 Å². The summed E-state index contributed by atoms with van der Waals surface area (Å²) in [7, 11) is 0. The number of nitrogens with one attached hydrogen (secondary N) is 1. The molecule has 2 rings (SSSR count). The van der Waals surface area contributed by atoms with Gasteiger partial charge in [0.2, 0.25) is 0 Å². The van der Waals surface area contributed by atoms with Crippen LogP contribution in [0.25, 0.3) is 0 Å². The normalized spacial score (nSPS) is 20.4. The zero-order valence-corrected chi connectivity index (χ0v) is 8.85. The molecule has 1 aromatic rings. The molecule has 1 aliphatic rings. The van der Waals surface area contributed by atoms with E-state index in [4.69, 9.17) is 10.5 Å². The molecule has 0 radical (unpaired) electrons. The Balaban J connectivity index is 1.96. The summed E-state index contributed by atoms with van der Waals surface area (Å²) in [6.07, 6.45) is 2.10. The maximum absolute atomic E-state index is 10.8. The van der Waals surface area contributed by atoms with Crippen molar-refractivity contribution in [1.82, 2.24) is 10.2 Å². The van der Waals surface area contributed by atoms with Gasteiger partial charge in [-0.25, -0.2) is 0 Å². The second-order valence-corrected chi connectivity index (χ2v) is 3.73. The van der Waals surface area contributed by atoms with E-state index in [1.165, 1.54) is 0 Å². The highest BCUT2D eigenvalue weighted by molar-refractivity contribution is 5.90. The highest BCUT2D eigenvalue weighted by Crippen LogP contribution is 2.11. The van der Waals surface area contributed by atoms with Crippen LogP contribution in [-0.2, 0) is 4.74 Å². The minimum absolute atomic E-state index is 0.172. The number of carbonyl (C=O) groups excluding carboxylic acids is 1. The Morgan fingerprint density at radius 3 is 2.94 bits per heavy atom. The second-order valence-electron chi connectivity index (χ2n) is 3.73. The third kappa shape index (κ3) is 2.66. The van der Waals surface area contributed by atoms with Crippen molar-refractivity contribution < 1.29 is 9.53 Å². The Morgan fingerprint density at radius 2 is 2.38 bits per heavy atom. The van der Waals surface area contributed by atoms with Gasteiger partial charge in [0.25, 0.3) is 5.91 Å². The average Bonchev–Trinajstić information content (AvgIpc) is 2.31. The summed E-state index contributed by atoms with van der Waals surface area (Å²) < 4.78 is 5.33. The molecule has 0 bridgehead atoms. The molecule has 1 saturated heterocycles. The van der Waals surface area contributed by atoms with Crippen LogP contribution in [0.2, 0.25) is 0 Å². The highest BCUT2D eigenvalue weighted by Gasteiger charge is 2.14. The molecular weight excluding hydrogens is 208 g/mol. The van der Waals surface area contributed by atoms with Gasteiger partial charge in [0.15, 0.2) is 5.69 Å². The van der Waals surface area contributed by atoms with Crippen molar-refractivity contribution in [2.45, 2.75) is 18.9 Å². The molecule has 3 N–H and O–H groups in total. The van der Waals surface area contributed by atoms with Crippen LogP contribution in [0.4, 0.5) is 5.82 Å². The Kier molecular flexibility index (Phi) is 3.31. The van der Waals surface area contributed by atoms with E-state index in [1.54, 1.807) is 12.1 Å². The average molecular weight is 222 g/mol. The first-order chi connectivity index (χ1) is 7.75. The summed E-state index contributed by atoms with van der Waals surface area (Å²) in [5.41, 5.74) is 5.24. The summed E-state index contributed by atoms with van der Waals surface area (Å²) in [6, 6.07) is 3.52. The highest BCUT2D eigenvalue weighted by atomic mass is 16.5. The number of nitrogens with zero attached hydrogens (tertiary/aromatic N) is 2. The van der Waals surface area contributed by atoms with Crippen molar-refractivity contribution in [1.29, 1.82) is 0 Å². The van der Waals surface area contributed by atoms with E-state index < -0.39 is 5.91 Å². The Labute approximate surface area is 93.2 Å². The van der Waals surface area contributed by atoms with Crippen LogP contribution in [0.1, 0.15) is 23.3 Å². The molecule has 1 amide bonds. The van der Waals surface area contributed by atoms with Crippen molar-refractivity contribution in [2.24, 2.45) is 5.73 Å². The standard InChI is InChI=1S/C10H14N4O2/c11-10(15)8-3-4-9(14-13-8)12-7-2-1-5-16-6-7/h3-4,7H,1-2,5-6H2,(H2,11,15)(H,12,14). The first kappa shape index (κ1) is 10.8. The third-order valence-corrected chi connectivity index (χ3v) is 2.43. The van der Waals surface area contributed by atoms with Gasteiger partial charge >= 0.3 is 0 Å². The van der Waals surface area contributed by atoms with Crippen molar-refractivity contribution in [3.05, 3.63) is 17.8 Å². The van der Waals surface area contributed by atoms with Crippen molar-refractivity contribution in [2.75, 3.05) is 18.5 Å². The molecule has 1 unspecified atom stereocenters. The van der Waals surface area contributed by atoms with E-state index in [2.05, 4.69) is 15.5 Å². The first-order valence-corrected chi connectivity index (χ1v) is 5.23. The molecule has 1 aliphatic heterocycles. The number of rotatable bonds is 3. The molecule has 86 valence electrons. The fourth-order valence-electron chi connectivity index (χ4n) is 1.60. The number of hydrogen-bond acceptors (Lipinski definition) is 5. The van der Waals surface area contributed by atoms with E-state index in [9.17, 15) is 4.79 Å². The van der Waals surface area contributed by atoms with Crippen LogP contribution in [0.5, 0.6) is 0 Å². The molecule has 0 saturated carbocycles. The fourth-order valence-corrected chi connectivity index (χ4v) is 1.60. The summed E-state index contributed by atoms with van der Waals surface area (Å²) in [6.45, 7) is 1.50. The van der Waals surface area contributed by atoms with Gasteiger partial charge in [-0.2, -0.15) is 0 Å². The summed E-state index contributed by atoms with van der Waals surface area (Å²) in [5.74, 6) is 0.0700. The molecule has 6 nitrogen and oxygen atoms in total. The summed E-state index contributed by atoms with van der Waals surface area (Å²) in [4.78, 5) is 10.8. The van der Waals surface area contributed by atoms with Crippen molar-refractivity contribution in [3.8, 4) is 0 Å². The molecule has 6 heteroatoms. The molecule has 1 fully saturated rings. The molecule has 1 atom stereocenters. The summed E-state index contributed by atoms with van der Waals surface area (Å²) in [5, 5.41) is 10.8. The number of carbonyl (C=O) groups is 1. The third-order valence-electron chi connectivity index (χ3n) is 2.43. The van der Waals surface area contributed by atoms with Crippen LogP contribution in [0.3, 0.4) is 0 Å². The predicted octanol–water partition coefficient (Wildman–Crippen LogP) is 0.166. The Morgan fingerprint density at radius 1 is 1.50 bits per heavy atom. The van der Waals surface area contributed by atoms with Gasteiger partial charge in [-0.1, -0.05) is 0 Å². The zero-order chi connectivity index (χ0) is 11.4. The summed E-state index contributed by atoms with van der Waals surface area (Å²) >= 11 is 0. The minimum Gasteiger partial charge on any atom is -0.379 e. The van der Waals surface area contributed by atoms with E-state index in [0.717, 1.165) is 19.4 Å². The number of aromatic nitrogens is 2. The zero-order valence-electron chi connectivity index (χ0n) is 8.85. The van der Waals surface area contributed by atoms with Gasteiger partial charge in [0, 0.05) is 6.61 Å². The van der Waals surface area contributed by atoms with E-state index in [-0.39, 0.29) is 11.7 Å². The number of hydrogen-bond donors (Lipinski definition) is 2. The molecule has 0 aromatic carbocycles. The van der Waals surface area contributed by atoms with E-state index in [1.807, 2.05) is 0 Å². The van der Waals surface area contributed by atoms with Crippen LogP contribution in [0.15, 0.2) is 12.1 Å². The number of ether oxygens (including phenoxy) is 1. The number of primary amides is 1. The lowest BCUT2D eigenvalue weighted by molar-refractivity contribution is 0.0874. The Hall–Kier alpha value is -1.69. The first-order valence-electron chi connectivity index (χ1n) is 5.23. The molecule has 0 aliphatic carbocycles. The molecular formula is C10H14N4O2. The van der Waals surface area contributed by atoms with Gasteiger partial charge in [-0.15, -0.1) is 10.2 Å². The monoisotopic (exact) mass is 222 g/mol. The van der Waals surface area contributed by atoms with Crippen LogP contribution in [0, 0.1) is 0 Å². The largest absolute Gasteiger partial charge is 0.379 e. The topological polar surface area (TPSA) is 90.1 Å². The maximum atomic E-state index is 10.8. The van der Waals surface area contributed by atoms with Gasteiger partial charge in [-0.05, 0) is 25.0 Å². The molecule has 0 spiro atoms. The van der Waals surface area contributed by atoms with Gasteiger partial charge in [-0.3, -0.25) is 4.79 Å². The maximum Gasteiger partial charge on any atom is 0.269 e. The van der Waals surface area contributed by atoms with Gasteiger partial charge in [0.05, 0.1) is 12.6 Å². The van der Waals surface area contributed by atoms with Crippen molar-refractivity contribution in [3.63, 3.8) is 0 Å². The van der Waals surface area contributed by atoms with Gasteiger partial charge in [0.1, 0.15) is 5.82 Å². The molecule has 2 heterocycles. The predicted molar refractivity (Wildman–Crippen MR) is 58.0 cm³/mol. The Bertz CT molecular complexity index is 360. The molecule has 16 heavy (non-hydrogen) atoms. The lowest BCUT2D eigenvalue weighted by Gasteiger charge is -2.23. The van der Waals surface area contributed by atoms with Gasteiger partial charge < -0.3 is 15.8 Å². The smallest absolute Gasteiger partial charge is 0.269 e. The lowest BCUT2D eigenvalue weighted by Crippen LogP contribution is -2.30. The lowest BCUT2D eigenvalue weighted by atomic mass is 10.1. The second kappa shape index (κ2) is 4.89. The number of amides is 1. The fraction of sp³-hybridized carbons (Fsp3) is 0.500. The van der Waals surface area contributed by atoms with Crippen LogP contribution in [-0.4, -0.2) is 35.4 Å². The number of anilines is 1.